The van der Waals surface area contributed by atoms with Gasteiger partial charge in [0.15, 0.2) is 5.78 Å². The van der Waals surface area contributed by atoms with Crippen LogP contribution >= 0.6 is 11.6 Å². The zero-order chi connectivity index (χ0) is 14.0. The van der Waals surface area contributed by atoms with Gasteiger partial charge < -0.3 is 11.1 Å². The highest BCUT2D eigenvalue weighted by molar-refractivity contribution is 6.30. The molecule has 0 amide bonds. The summed E-state index contributed by atoms with van der Waals surface area (Å²) < 4.78 is 0. The molecule has 3 N–H and O–H groups in total. The van der Waals surface area contributed by atoms with Gasteiger partial charge in [0.05, 0.1) is 0 Å². The van der Waals surface area contributed by atoms with Crippen molar-refractivity contribution >= 4 is 34.4 Å². The summed E-state index contributed by atoms with van der Waals surface area (Å²) in [6, 6.07) is 10.9. The van der Waals surface area contributed by atoms with E-state index in [2.05, 4.69) is 5.32 Å². The molecule has 0 saturated heterocycles. The van der Waals surface area contributed by atoms with Crippen molar-refractivity contribution in [2.24, 2.45) is 0 Å². The molecule has 0 atom stereocenters. The van der Waals surface area contributed by atoms with E-state index in [1.807, 2.05) is 31.2 Å². The lowest BCUT2D eigenvalue weighted by atomic mass is 10.1. The van der Waals surface area contributed by atoms with Gasteiger partial charge in [-0.2, -0.15) is 0 Å². The van der Waals surface area contributed by atoms with E-state index in [0.29, 0.717) is 16.3 Å². The highest BCUT2D eigenvalue weighted by atomic mass is 35.5. The Morgan fingerprint density at radius 1 is 1.21 bits per heavy atom. The van der Waals surface area contributed by atoms with Crippen LogP contribution in [0.2, 0.25) is 5.02 Å². The molecule has 0 heterocycles. The van der Waals surface area contributed by atoms with Crippen molar-refractivity contribution in [2.45, 2.75) is 13.8 Å². The maximum Gasteiger partial charge on any atom is 0.161 e. The highest BCUT2D eigenvalue weighted by Gasteiger charge is 2.06. The predicted octanol–water partition coefficient (Wildman–Crippen LogP) is 4.18. The molecule has 0 aliphatic carbocycles. The van der Waals surface area contributed by atoms with E-state index in [4.69, 9.17) is 17.3 Å². The van der Waals surface area contributed by atoms with E-state index in [1.54, 1.807) is 12.1 Å². The van der Waals surface area contributed by atoms with Gasteiger partial charge in [-0.25, -0.2) is 0 Å². The Kier molecular flexibility index (Phi) is 3.76. The summed E-state index contributed by atoms with van der Waals surface area (Å²) in [6.07, 6.45) is 0. The summed E-state index contributed by atoms with van der Waals surface area (Å²) in [4.78, 5) is 11.3. The molecule has 0 unspecified atom stereocenters. The molecule has 0 saturated carbocycles. The number of carbonyl (C=O) groups excluding carboxylic acids is 1. The molecule has 3 nitrogen and oxygen atoms in total. The van der Waals surface area contributed by atoms with Crippen molar-refractivity contribution in [3.05, 3.63) is 52.5 Å². The van der Waals surface area contributed by atoms with E-state index >= 15 is 0 Å². The van der Waals surface area contributed by atoms with Crippen molar-refractivity contribution in [3.63, 3.8) is 0 Å². The van der Waals surface area contributed by atoms with Gasteiger partial charge >= 0.3 is 0 Å². The lowest BCUT2D eigenvalue weighted by Crippen LogP contribution is -2.01. The van der Waals surface area contributed by atoms with Crippen LogP contribution in [0, 0.1) is 6.92 Å². The topological polar surface area (TPSA) is 55.1 Å². The smallest absolute Gasteiger partial charge is 0.161 e. The molecule has 2 aromatic carbocycles. The van der Waals surface area contributed by atoms with Crippen molar-refractivity contribution in [1.82, 2.24) is 0 Å². The van der Waals surface area contributed by atoms with Gasteiger partial charge in [-0.05, 0) is 49.7 Å². The molecule has 19 heavy (non-hydrogen) atoms. The summed E-state index contributed by atoms with van der Waals surface area (Å²) in [5.74, 6) is -0.0389. The fourth-order valence-corrected chi connectivity index (χ4v) is 2.02. The summed E-state index contributed by atoms with van der Waals surface area (Å²) in [5, 5.41) is 3.91. The Hall–Kier alpha value is -2.00. The molecule has 2 rings (SSSR count). The van der Waals surface area contributed by atoms with Gasteiger partial charge in [0.25, 0.3) is 0 Å². The van der Waals surface area contributed by atoms with Gasteiger partial charge in [-0.3, -0.25) is 4.79 Å². The number of carbonyl (C=O) groups is 1. The largest absolute Gasteiger partial charge is 0.398 e. The molecule has 98 valence electrons. The first-order valence-corrected chi connectivity index (χ1v) is 6.29. The number of ketones is 1. The molecule has 0 bridgehead atoms. The average Bonchev–Trinajstić information content (AvgIpc) is 2.33. The van der Waals surface area contributed by atoms with Crippen molar-refractivity contribution < 1.29 is 4.79 Å². The number of nitrogen functional groups attached to an aromatic ring is 1. The maximum atomic E-state index is 11.3. The normalized spacial score (nSPS) is 10.3. The summed E-state index contributed by atoms with van der Waals surface area (Å²) in [5.41, 5.74) is 9.69. The number of halogens is 1. The SMILES string of the molecule is CC(=O)c1ccc(Nc2cc(Cl)ccc2C)cc1N. The minimum absolute atomic E-state index is 0.0389. The first-order chi connectivity index (χ1) is 8.97. The van der Waals surface area contributed by atoms with E-state index in [9.17, 15) is 4.79 Å². The second-order valence-corrected chi connectivity index (χ2v) is 4.88. The summed E-state index contributed by atoms with van der Waals surface area (Å²) in [6.45, 7) is 3.49. The molecule has 0 aliphatic heterocycles. The molecule has 2 aromatic rings. The summed E-state index contributed by atoms with van der Waals surface area (Å²) >= 11 is 5.97. The van der Waals surface area contributed by atoms with E-state index in [0.717, 1.165) is 16.9 Å². The quantitative estimate of drug-likeness (QED) is 0.652. The van der Waals surface area contributed by atoms with E-state index in [-0.39, 0.29) is 5.78 Å². The number of rotatable bonds is 3. The van der Waals surface area contributed by atoms with Gasteiger partial charge in [-0.15, -0.1) is 0 Å². The second-order valence-electron chi connectivity index (χ2n) is 4.44. The van der Waals surface area contributed by atoms with Crippen molar-refractivity contribution in [3.8, 4) is 0 Å². The Morgan fingerprint density at radius 2 is 1.95 bits per heavy atom. The third-order valence-electron chi connectivity index (χ3n) is 2.91. The Bertz CT molecular complexity index is 638. The monoisotopic (exact) mass is 274 g/mol. The van der Waals surface area contributed by atoms with Crippen LogP contribution in [-0.2, 0) is 0 Å². The Morgan fingerprint density at radius 3 is 2.58 bits per heavy atom. The van der Waals surface area contributed by atoms with Crippen LogP contribution in [0.15, 0.2) is 36.4 Å². The van der Waals surface area contributed by atoms with Crippen molar-refractivity contribution in [2.75, 3.05) is 11.1 Å². The molecule has 0 aromatic heterocycles. The molecule has 0 aliphatic rings. The first kappa shape index (κ1) is 13.4. The van der Waals surface area contributed by atoms with Crippen molar-refractivity contribution in [1.29, 1.82) is 0 Å². The van der Waals surface area contributed by atoms with E-state index in [1.165, 1.54) is 6.92 Å². The Balaban J connectivity index is 2.31. The number of aryl methyl sites for hydroxylation is 1. The van der Waals surface area contributed by atoms with Crippen LogP contribution in [0.1, 0.15) is 22.8 Å². The number of nitrogens with two attached hydrogens (primary N) is 1. The number of hydrogen-bond acceptors (Lipinski definition) is 3. The molecule has 0 radical (unpaired) electrons. The minimum atomic E-state index is -0.0389. The standard InChI is InChI=1S/C15H15ClN2O/c1-9-3-4-11(16)7-15(9)18-12-5-6-13(10(2)19)14(17)8-12/h3-8,18H,17H2,1-2H3. The number of nitrogens with one attached hydrogen (secondary N) is 1. The van der Waals surface area contributed by atoms with Crippen LogP contribution in [0.25, 0.3) is 0 Å². The molecular formula is C15H15ClN2O. The van der Waals surface area contributed by atoms with Crippen LogP contribution in [0.5, 0.6) is 0 Å². The second kappa shape index (κ2) is 5.33. The van der Waals surface area contributed by atoms with E-state index < -0.39 is 0 Å². The van der Waals surface area contributed by atoms with Crippen LogP contribution in [0.4, 0.5) is 17.1 Å². The number of hydrogen-bond donors (Lipinski definition) is 2. The number of benzene rings is 2. The first-order valence-electron chi connectivity index (χ1n) is 5.91. The van der Waals surface area contributed by atoms with Gasteiger partial charge in [0.1, 0.15) is 0 Å². The van der Waals surface area contributed by atoms with Gasteiger partial charge in [-0.1, -0.05) is 17.7 Å². The average molecular weight is 275 g/mol. The fraction of sp³-hybridized carbons (Fsp3) is 0.133. The summed E-state index contributed by atoms with van der Waals surface area (Å²) in [7, 11) is 0. The lowest BCUT2D eigenvalue weighted by Gasteiger charge is -2.11. The molecule has 0 spiro atoms. The van der Waals surface area contributed by atoms with Crippen LogP contribution in [-0.4, -0.2) is 5.78 Å². The van der Waals surface area contributed by atoms with Crippen LogP contribution in [0.3, 0.4) is 0 Å². The van der Waals surface area contributed by atoms with Gasteiger partial charge in [0, 0.05) is 27.6 Å². The predicted molar refractivity (Wildman–Crippen MR) is 80.3 cm³/mol. The molecule has 4 heteroatoms. The molecular weight excluding hydrogens is 260 g/mol. The van der Waals surface area contributed by atoms with Crippen LogP contribution < -0.4 is 11.1 Å². The minimum Gasteiger partial charge on any atom is -0.398 e. The third kappa shape index (κ3) is 3.06. The zero-order valence-corrected chi connectivity index (χ0v) is 11.6. The number of anilines is 3. The number of Topliss-reactive ketones (excluding diaryl/α,β-unsaturated/α-hetero) is 1. The highest BCUT2D eigenvalue weighted by Crippen LogP contribution is 2.26. The fourth-order valence-electron chi connectivity index (χ4n) is 1.85. The molecule has 0 fully saturated rings. The lowest BCUT2D eigenvalue weighted by molar-refractivity contribution is 0.101. The third-order valence-corrected chi connectivity index (χ3v) is 3.14. The maximum absolute atomic E-state index is 11.3. The Labute approximate surface area is 117 Å². The zero-order valence-electron chi connectivity index (χ0n) is 10.8. The van der Waals surface area contributed by atoms with Gasteiger partial charge in [0.2, 0.25) is 0 Å².